The number of rotatable bonds is 5. The van der Waals surface area contributed by atoms with Crippen LogP contribution in [0, 0.1) is 18.3 Å². The molecule has 98 valence electrons. The van der Waals surface area contributed by atoms with Crippen LogP contribution in [0.2, 0.25) is 0 Å². The highest BCUT2D eigenvalue weighted by atomic mass is 32.1. The second-order valence-electron chi connectivity index (χ2n) is 4.53. The fourth-order valence-electron chi connectivity index (χ4n) is 2.11. The lowest BCUT2D eigenvalue weighted by molar-refractivity contribution is 0.937. The lowest BCUT2D eigenvalue weighted by atomic mass is 10.1. The molecule has 0 amide bonds. The van der Waals surface area contributed by atoms with Crippen molar-refractivity contribution in [3.63, 3.8) is 0 Å². The molecule has 0 aliphatic heterocycles. The minimum absolute atomic E-state index is 0.766. The summed E-state index contributed by atoms with van der Waals surface area (Å²) in [6.07, 6.45) is 2.13. The summed E-state index contributed by atoms with van der Waals surface area (Å²) in [4.78, 5) is 2.41. The van der Waals surface area contributed by atoms with E-state index in [9.17, 15) is 5.26 Å². The van der Waals surface area contributed by atoms with Crippen molar-refractivity contribution in [2.75, 3.05) is 5.32 Å². The fraction of sp³-hybridized carbons (Fsp3) is 0.312. The highest BCUT2D eigenvalue weighted by Gasteiger charge is 2.14. The number of thiophene rings is 1. The minimum atomic E-state index is 0.766. The van der Waals surface area contributed by atoms with Gasteiger partial charge in [0, 0.05) is 16.3 Å². The molecule has 0 bridgehead atoms. The number of nitrogens with one attached hydrogen (secondary N) is 1. The molecule has 3 heteroatoms. The number of hydrogen-bond acceptors (Lipinski definition) is 3. The van der Waals surface area contributed by atoms with E-state index < -0.39 is 0 Å². The topological polar surface area (TPSA) is 35.8 Å². The molecule has 1 heterocycles. The Morgan fingerprint density at radius 2 is 2.00 bits per heavy atom. The van der Waals surface area contributed by atoms with Gasteiger partial charge in [-0.2, -0.15) is 5.26 Å². The van der Waals surface area contributed by atoms with E-state index in [-0.39, 0.29) is 0 Å². The van der Waals surface area contributed by atoms with Gasteiger partial charge in [-0.3, -0.25) is 0 Å². The first-order valence-electron chi connectivity index (χ1n) is 6.56. The molecule has 2 rings (SSSR count). The normalized spacial score (nSPS) is 10.2. The molecular weight excluding hydrogens is 252 g/mol. The van der Waals surface area contributed by atoms with Crippen molar-refractivity contribution in [1.29, 1.82) is 5.26 Å². The Bertz CT molecular complexity index is 579. The van der Waals surface area contributed by atoms with Crippen molar-refractivity contribution in [3.8, 4) is 6.07 Å². The van der Waals surface area contributed by atoms with Gasteiger partial charge in [0.1, 0.15) is 6.07 Å². The van der Waals surface area contributed by atoms with Crippen molar-refractivity contribution < 1.29 is 0 Å². The van der Waals surface area contributed by atoms with Crippen molar-refractivity contribution in [2.24, 2.45) is 0 Å². The van der Waals surface area contributed by atoms with E-state index >= 15 is 0 Å². The Kier molecular flexibility index (Phi) is 4.59. The summed E-state index contributed by atoms with van der Waals surface area (Å²) in [5, 5.41) is 12.7. The average Bonchev–Trinajstić information content (AvgIpc) is 2.73. The van der Waals surface area contributed by atoms with E-state index in [1.807, 2.05) is 25.1 Å². The van der Waals surface area contributed by atoms with Gasteiger partial charge in [-0.05, 0) is 18.9 Å². The SMILES string of the molecule is CCCc1sc(C)c(C#N)c1NCc1ccccc1. The van der Waals surface area contributed by atoms with E-state index in [1.54, 1.807) is 11.3 Å². The number of nitrogens with zero attached hydrogens (tertiary/aromatic N) is 1. The van der Waals surface area contributed by atoms with Crippen LogP contribution in [0.1, 0.15) is 34.2 Å². The van der Waals surface area contributed by atoms with Crippen molar-refractivity contribution in [1.82, 2.24) is 0 Å². The highest BCUT2D eigenvalue weighted by Crippen LogP contribution is 2.33. The third kappa shape index (κ3) is 3.15. The smallest absolute Gasteiger partial charge is 0.102 e. The Morgan fingerprint density at radius 1 is 1.26 bits per heavy atom. The molecular formula is C16H18N2S. The van der Waals surface area contributed by atoms with E-state index in [4.69, 9.17) is 0 Å². The number of aryl methyl sites for hydroxylation is 2. The summed E-state index contributed by atoms with van der Waals surface area (Å²) in [5.41, 5.74) is 3.08. The molecule has 2 aromatic rings. The quantitative estimate of drug-likeness (QED) is 0.868. The molecule has 0 saturated carbocycles. The van der Waals surface area contributed by atoms with Crippen LogP contribution in [0.15, 0.2) is 30.3 Å². The van der Waals surface area contributed by atoms with Gasteiger partial charge in [-0.1, -0.05) is 43.7 Å². The Balaban J connectivity index is 2.21. The van der Waals surface area contributed by atoms with Gasteiger partial charge in [0.25, 0.3) is 0 Å². The third-order valence-electron chi connectivity index (χ3n) is 3.06. The van der Waals surface area contributed by atoms with E-state index in [0.29, 0.717) is 0 Å². The minimum Gasteiger partial charge on any atom is -0.379 e. The molecule has 0 saturated heterocycles. The second kappa shape index (κ2) is 6.40. The molecule has 0 fully saturated rings. The zero-order valence-electron chi connectivity index (χ0n) is 11.4. The first kappa shape index (κ1) is 13.6. The van der Waals surface area contributed by atoms with Crippen molar-refractivity contribution in [3.05, 3.63) is 51.2 Å². The molecule has 19 heavy (non-hydrogen) atoms. The van der Waals surface area contributed by atoms with Gasteiger partial charge < -0.3 is 5.32 Å². The summed E-state index contributed by atoms with van der Waals surface area (Å²) in [6.45, 7) is 4.96. The second-order valence-corrected chi connectivity index (χ2v) is 5.84. The molecule has 0 atom stereocenters. The molecule has 0 aliphatic carbocycles. The summed E-state index contributed by atoms with van der Waals surface area (Å²) in [7, 11) is 0. The van der Waals surface area contributed by atoms with Gasteiger partial charge in [-0.15, -0.1) is 11.3 Å². The van der Waals surface area contributed by atoms with Crippen LogP contribution in [0.5, 0.6) is 0 Å². The maximum Gasteiger partial charge on any atom is 0.102 e. The summed E-state index contributed by atoms with van der Waals surface area (Å²) in [5.74, 6) is 0. The van der Waals surface area contributed by atoms with Crippen molar-refractivity contribution >= 4 is 17.0 Å². The average molecular weight is 270 g/mol. The number of hydrogen-bond donors (Lipinski definition) is 1. The summed E-state index contributed by atoms with van der Waals surface area (Å²) in [6, 6.07) is 12.6. The van der Waals surface area contributed by atoms with Crippen LogP contribution in [-0.4, -0.2) is 0 Å². The van der Waals surface area contributed by atoms with Crippen LogP contribution < -0.4 is 5.32 Å². The molecule has 1 N–H and O–H groups in total. The number of nitriles is 1. The van der Waals surface area contributed by atoms with E-state index in [2.05, 4.69) is 30.4 Å². The first-order chi connectivity index (χ1) is 9.26. The molecule has 0 radical (unpaired) electrons. The standard InChI is InChI=1S/C16H18N2S/c1-3-7-15-16(14(10-17)12(2)19-15)18-11-13-8-5-4-6-9-13/h4-6,8-9,18H,3,7,11H2,1-2H3. The van der Waals surface area contributed by atoms with Crippen LogP contribution in [0.3, 0.4) is 0 Å². The zero-order chi connectivity index (χ0) is 13.7. The molecule has 1 aromatic carbocycles. The van der Waals surface area contributed by atoms with Gasteiger partial charge in [0.05, 0.1) is 11.3 Å². The predicted molar refractivity (Wildman–Crippen MR) is 81.5 cm³/mol. The van der Waals surface area contributed by atoms with Crippen molar-refractivity contribution in [2.45, 2.75) is 33.2 Å². The molecule has 0 spiro atoms. The molecule has 1 aromatic heterocycles. The van der Waals surface area contributed by atoms with Crippen LogP contribution in [-0.2, 0) is 13.0 Å². The third-order valence-corrected chi connectivity index (χ3v) is 4.22. The molecule has 0 unspecified atom stereocenters. The maximum atomic E-state index is 9.29. The van der Waals surface area contributed by atoms with E-state index in [0.717, 1.165) is 35.5 Å². The van der Waals surface area contributed by atoms with Crippen LogP contribution in [0.25, 0.3) is 0 Å². The highest BCUT2D eigenvalue weighted by molar-refractivity contribution is 7.12. The lowest BCUT2D eigenvalue weighted by Gasteiger charge is -2.08. The van der Waals surface area contributed by atoms with E-state index in [1.165, 1.54) is 10.4 Å². The summed E-state index contributed by atoms with van der Waals surface area (Å²) >= 11 is 1.74. The van der Waals surface area contributed by atoms with Gasteiger partial charge in [0.15, 0.2) is 0 Å². The predicted octanol–water partition coefficient (Wildman–Crippen LogP) is 4.49. The fourth-order valence-corrected chi connectivity index (χ4v) is 3.32. The molecule has 2 nitrogen and oxygen atoms in total. The number of anilines is 1. The largest absolute Gasteiger partial charge is 0.379 e. The monoisotopic (exact) mass is 270 g/mol. The van der Waals surface area contributed by atoms with Crippen LogP contribution in [0.4, 0.5) is 5.69 Å². The van der Waals surface area contributed by atoms with Crippen LogP contribution >= 0.6 is 11.3 Å². The Labute approximate surface area is 118 Å². The zero-order valence-corrected chi connectivity index (χ0v) is 12.2. The Morgan fingerprint density at radius 3 is 2.63 bits per heavy atom. The van der Waals surface area contributed by atoms with Gasteiger partial charge >= 0.3 is 0 Å². The molecule has 0 aliphatic rings. The maximum absolute atomic E-state index is 9.29. The lowest BCUT2D eigenvalue weighted by Crippen LogP contribution is -2.02. The Hall–Kier alpha value is -1.79. The van der Waals surface area contributed by atoms with Gasteiger partial charge in [0.2, 0.25) is 0 Å². The summed E-state index contributed by atoms with van der Waals surface area (Å²) < 4.78 is 0. The van der Waals surface area contributed by atoms with Gasteiger partial charge in [-0.25, -0.2) is 0 Å². The first-order valence-corrected chi connectivity index (χ1v) is 7.38. The number of benzene rings is 1.